The highest BCUT2D eigenvalue weighted by Crippen LogP contribution is 2.09. The fourth-order valence-electron chi connectivity index (χ4n) is 0. The summed E-state index contributed by atoms with van der Waals surface area (Å²) in [5, 5.41) is 9.78. The molecule has 0 heterocycles. The van der Waals surface area contributed by atoms with E-state index in [9.17, 15) is 9.90 Å². The van der Waals surface area contributed by atoms with E-state index in [0.717, 1.165) is 0 Å². The van der Waals surface area contributed by atoms with Gasteiger partial charge in [0, 0.05) is 0 Å². The fraction of sp³-hybridized carbons (Fsp3) is 0.750. The first-order chi connectivity index (χ1) is 2.94. The zero-order valence-electron chi connectivity index (χ0n) is 4.19. The Morgan fingerprint density at radius 3 is 1.86 bits per heavy atom. The predicted octanol–water partition coefficient (Wildman–Crippen LogP) is -0.246. The van der Waals surface area contributed by atoms with Crippen molar-refractivity contribution in [3.05, 3.63) is 0 Å². The molecule has 2 nitrogen and oxygen atoms in total. The first-order valence-electron chi connectivity index (χ1n) is 1.85. The molecule has 7 heavy (non-hydrogen) atoms. The van der Waals surface area contributed by atoms with Gasteiger partial charge in [-0.3, -0.25) is 0 Å². The summed E-state index contributed by atoms with van der Waals surface area (Å²) >= 11 is 5.21. The minimum absolute atomic E-state index is 1.22. The van der Waals surface area contributed by atoms with E-state index in [1.165, 1.54) is 13.8 Å². The van der Waals surface area contributed by atoms with E-state index >= 15 is 0 Å². The third kappa shape index (κ3) is 2.45. The van der Waals surface area contributed by atoms with E-state index in [-0.39, 0.29) is 0 Å². The molecule has 0 radical (unpaired) electrons. The summed E-state index contributed by atoms with van der Waals surface area (Å²) in [5.41, 5.74) is 0. The molecular formula is C4H6ClO2-. The molecule has 0 amide bonds. The van der Waals surface area contributed by atoms with E-state index < -0.39 is 10.8 Å². The molecular weight excluding hydrogens is 115 g/mol. The van der Waals surface area contributed by atoms with Crippen molar-refractivity contribution in [1.29, 1.82) is 0 Å². The van der Waals surface area contributed by atoms with Gasteiger partial charge in [-0.25, -0.2) is 0 Å². The van der Waals surface area contributed by atoms with E-state index in [0.29, 0.717) is 0 Å². The van der Waals surface area contributed by atoms with Crippen LogP contribution in [0.3, 0.4) is 0 Å². The molecule has 0 aliphatic rings. The van der Waals surface area contributed by atoms with Crippen molar-refractivity contribution in [1.82, 2.24) is 0 Å². The van der Waals surface area contributed by atoms with E-state index in [1.54, 1.807) is 0 Å². The highest BCUT2D eigenvalue weighted by atomic mass is 35.5. The number of carbonyl (C=O) groups is 1. The van der Waals surface area contributed by atoms with Gasteiger partial charge in [-0.05, 0) is 13.8 Å². The van der Waals surface area contributed by atoms with Crippen LogP contribution in [0.15, 0.2) is 0 Å². The summed E-state index contributed by atoms with van der Waals surface area (Å²) in [5.74, 6) is -1.24. The second-order valence-electron chi connectivity index (χ2n) is 1.76. The Bertz CT molecular complexity index is 82.2. The first kappa shape index (κ1) is 6.76. The van der Waals surface area contributed by atoms with Gasteiger partial charge < -0.3 is 9.90 Å². The smallest absolute Gasteiger partial charge is 0.0783 e. The lowest BCUT2D eigenvalue weighted by Crippen LogP contribution is -2.38. The summed E-state index contributed by atoms with van der Waals surface area (Å²) in [6.45, 7) is 2.73. The maximum absolute atomic E-state index is 9.78. The largest absolute Gasteiger partial charge is 0.548 e. The minimum atomic E-state index is -1.24. The lowest BCUT2D eigenvalue weighted by Gasteiger charge is -2.15. The summed E-state index contributed by atoms with van der Waals surface area (Å²) in [6.07, 6.45) is 0. The van der Waals surface area contributed by atoms with Crippen LogP contribution in [-0.2, 0) is 4.79 Å². The van der Waals surface area contributed by atoms with Crippen molar-refractivity contribution < 1.29 is 9.90 Å². The van der Waals surface area contributed by atoms with Gasteiger partial charge in [0.1, 0.15) is 0 Å². The molecule has 0 aromatic heterocycles. The third-order valence-corrected chi connectivity index (χ3v) is 0.640. The quantitative estimate of drug-likeness (QED) is 0.449. The highest BCUT2D eigenvalue weighted by Gasteiger charge is 2.12. The Morgan fingerprint density at radius 1 is 1.71 bits per heavy atom. The van der Waals surface area contributed by atoms with Crippen molar-refractivity contribution in [2.75, 3.05) is 0 Å². The second kappa shape index (κ2) is 1.70. The lowest BCUT2D eigenvalue weighted by molar-refractivity contribution is -0.308. The number of hydrogen-bond donors (Lipinski definition) is 0. The highest BCUT2D eigenvalue weighted by molar-refractivity contribution is 6.32. The molecule has 3 heteroatoms. The van der Waals surface area contributed by atoms with Crippen LogP contribution in [-0.4, -0.2) is 10.8 Å². The molecule has 0 atom stereocenters. The SMILES string of the molecule is CC(C)(Cl)C(=O)[O-]. The molecule has 0 N–H and O–H groups in total. The summed E-state index contributed by atoms with van der Waals surface area (Å²) in [4.78, 5) is 8.56. The third-order valence-electron chi connectivity index (χ3n) is 0.485. The number of halogens is 1. The molecule has 0 bridgehead atoms. The van der Waals surface area contributed by atoms with Crippen LogP contribution >= 0.6 is 11.6 Å². The molecule has 0 aromatic rings. The Labute approximate surface area is 47.1 Å². The lowest BCUT2D eigenvalue weighted by atomic mass is 10.2. The number of rotatable bonds is 1. The van der Waals surface area contributed by atoms with Crippen LogP contribution < -0.4 is 5.11 Å². The van der Waals surface area contributed by atoms with Crippen LogP contribution in [0.2, 0.25) is 0 Å². The standard InChI is InChI=1S/C4H7ClO2/c1-4(2,5)3(6)7/h1-2H3,(H,6,7)/p-1. The summed E-state index contributed by atoms with van der Waals surface area (Å²) < 4.78 is 0. The normalized spacial score (nSPS) is 11.3. The number of aliphatic carboxylic acids is 1. The van der Waals surface area contributed by atoms with Crippen molar-refractivity contribution >= 4 is 17.6 Å². The minimum Gasteiger partial charge on any atom is -0.548 e. The fourth-order valence-corrected chi connectivity index (χ4v) is 0. The molecule has 0 saturated carbocycles. The topological polar surface area (TPSA) is 40.1 Å². The van der Waals surface area contributed by atoms with Gasteiger partial charge >= 0.3 is 0 Å². The van der Waals surface area contributed by atoms with E-state index in [1.807, 2.05) is 0 Å². The van der Waals surface area contributed by atoms with Crippen LogP contribution in [0.4, 0.5) is 0 Å². The molecule has 0 saturated heterocycles. The molecule has 42 valence electrons. The average Bonchev–Trinajstić information content (AvgIpc) is 1.31. The van der Waals surface area contributed by atoms with Crippen molar-refractivity contribution in [2.24, 2.45) is 0 Å². The van der Waals surface area contributed by atoms with Gasteiger partial charge in [-0.1, -0.05) is 0 Å². The Kier molecular flexibility index (Phi) is 1.64. The van der Waals surface area contributed by atoms with Gasteiger partial charge in [0.2, 0.25) is 0 Å². The number of carboxylic acids is 1. The molecule has 0 aromatic carbocycles. The van der Waals surface area contributed by atoms with Gasteiger partial charge in [0.25, 0.3) is 0 Å². The predicted molar refractivity (Wildman–Crippen MR) is 24.9 cm³/mol. The Hall–Kier alpha value is -0.240. The number of alkyl halides is 1. The van der Waals surface area contributed by atoms with Gasteiger partial charge in [0.05, 0.1) is 10.8 Å². The van der Waals surface area contributed by atoms with Gasteiger partial charge in [-0.2, -0.15) is 0 Å². The zero-order chi connectivity index (χ0) is 6.08. The monoisotopic (exact) mass is 121 g/mol. The zero-order valence-corrected chi connectivity index (χ0v) is 4.95. The van der Waals surface area contributed by atoms with Crippen molar-refractivity contribution in [2.45, 2.75) is 18.7 Å². The molecule has 0 spiro atoms. The number of carbonyl (C=O) groups excluding carboxylic acids is 1. The summed E-state index contributed by atoms with van der Waals surface area (Å²) in [7, 11) is 0. The molecule has 0 unspecified atom stereocenters. The maximum Gasteiger partial charge on any atom is 0.0783 e. The average molecular weight is 122 g/mol. The number of hydrogen-bond acceptors (Lipinski definition) is 2. The molecule has 0 fully saturated rings. The van der Waals surface area contributed by atoms with Crippen LogP contribution in [0, 0.1) is 0 Å². The van der Waals surface area contributed by atoms with Gasteiger partial charge in [-0.15, -0.1) is 11.6 Å². The number of carboxylic acid groups (broad SMARTS) is 1. The maximum atomic E-state index is 9.78. The van der Waals surface area contributed by atoms with Crippen LogP contribution in [0.25, 0.3) is 0 Å². The van der Waals surface area contributed by atoms with E-state index in [2.05, 4.69) is 0 Å². The Morgan fingerprint density at radius 2 is 1.86 bits per heavy atom. The second-order valence-corrected chi connectivity index (χ2v) is 2.70. The molecule has 0 aliphatic heterocycles. The van der Waals surface area contributed by atoms with Gasteiger partial charge in [0.15, 0.2) is 0 Å². The van der Waals surface area contributed by atoms with Crippen LogP contribution in [0.1, 0.15) is 13.8 Å². The first-order valence-corrected chi connectivity index (χ1v) is 2.23. The molecule has 0 aliphatic carbocycles. The Balaban J connectivity index is 3.79. The van der Waals surface area contributed by atoms with Crippen molar-refractivity contribution in [3.8, 4) is 0 Å². The van der Waals surface area contributed by atoms with Crippen molar-refractivity contribution in [3.63, 3.8) is 0 Å². The van der Waals surface area contributed by atoms with E-state index in [4.69, 9.17) is 11.6 Å². The molecule has 0 rings (SSSR count). The summed E-state index contributed by atoms with van der Waals surface area (Å²) in [6, 6.07) is 0. The van der Waals surface area contributed by atoms with Crippen LogP contribution in [0.5, 0.6) is 0 Å².